The van der Waals surface area contributed by atoms with Gasteiger partial charge in [-0.05, 0) is 36.0 Å². The lowest BCUT2D eigenvalue weighted by atomic mass is 9.89. The minimum atomic E-state index is 0.386. The molecular formula is C13H19N3. The molecule has 0 aliphatic heterocycles. The van der Waals surface area contributed by atoms with Gasteiger partial charge < -0.3 is 0 Å². The molecule has 0 atom stereocenters. The lowest BCUT2D eigenvalue weighted by Crippen LogP contribution is -2.06. The molecule has 0 bridgehead atoms. The highest BCUT2D eigenvalue weighted by molar-refractivity contribution is 5.74. The van der Waals surface area contributed by atoms with E-state index in [4.69, 9.17) is 0 Å². The van der Waals surface area contributed by atoms with Gasteiger partial charge in [0.15, 0.2) is 0 Å². The summed E-state index contributed by atoms with van der Waals surface area (Å²) < 4.78 is 1.81. The van der Waals surface area contributed by atoms with Gasteiger partial charge in [-0.15, -0.1) is 5.10 Å². The van der Waals surface area contributed by atoms with Crippen molar-refractivity contribution in [1.82, 2.24) is 15.0 Å². The number of hydrogen-bond acceptors (Lipinski definition) is 2. The summed E-state index contributed by atoms with van der Waals surface area (Å²) in [5.74, 6) is 0. The van der Waals surface area contributed by atoms with Crippen molar-refractivity contribution < 1.29 is 0 Å². The van der Waals surface area contributed by atoms with Crippen LogP contribution in [-0.2, 0) is 13.5 Å². The Labute approximate surface area is 96.5 Å². The number of hydrogen-bond donors (Lipinski definition) is 0. The molecule has 0 N–H and O–H groups in total. The van der Waals surface area contributed by atoms with E-state index in [1.165, 1.54) is 12.0 Å². The highest BCUT2D eigenvalue weighted by Gasteiger charge is 2.10. The van der Waals surface area contributed by atoms with Gasteiger partial charge in [-0.1, -0.05) is 32.1 Å². The molecule has 3 nitrogen and oxygen atoms in total. The second-order valence-corrected chi connectivity index (χ2v) is 5.60. The fraction of sp³-hybridized carbons (Fsp3) is 0.538. The third kappa shape index (κ3) is 2.40. The van der Waals surface area contributed by atoms with E-state index in [2.05, 4.69) is 49.3 Å². The Balaban J connectivity index is 2.20. The Morgan fingerprint density at radius 3 is 2.69 bits per heavy atom. The Morgan fingerprint density at radius 1 is 1.25 bits per heavy atom. The SMILES string of the molecule is Cn1nnc2cc(CCC(C)(C)C)ccc21. The fourth-order valence-electron chi connectivity index (χ4n) is 1.76. The monoisotopic (exact) mass is 217 g/mol. The van der Waals surface area contributed by atoms with Crippen molar-refractivity contribution in [2.75, 3.05) is 0 Å². The number of benzene rings is 1. The summed E-state index contributed by atoms with van der Waals surface area (Å²) in [6, 6.07) is 6.43. The van der Waals surface area contributed by atoms with E-state index in [-0.39, 0.29) is 0 Å². The lowest BCUT2D eigenvalue weighted by molar-refractivity contribution is 0.378. The van der Waals surface area contributed by atoms with Gasteiger partial charge >= 0.3 is 0 Å². The highest BCUT2D eigenvalue weighted by Crippen LogP contribution is 2.22. The van der Waals surface area contributed by atoms with E-state index in [1.54, 1.807) is 0 Å². The minimum absolute atomic E-state index is 0.386. The van der Waals surface area contributed by atoms with Gasteiger partial charge in [0, 0.05) is 7.05 Å². The molecule has 1 aromatic heterocycles. The van der Waals surface area contributed by atoms with E-state index in [0.29, 0.717) is 5.41 Å². The van der Waals surface area contributed by atoms with Crippen LogP contribution < -0.4 is 0 Å². The first-order valence-electron chi connectivity index (χ1n) is 5.74. The summed E-state index contributed by atoms with van der Waals surface area (Å²) in [5.41, 5.74) is 3.83. The Hall–Kier alpha value is -1.38. The van der Waals surface area contributed by atoms with Crippen LogP contribution in [-0.4, -0.2) is 15.0 Å². The summed E-state index contributed by atoms with van der Waals surface area (Å²) >= 11 is 0. The second-order valence-electron chi connectivity index (χ2n) is 5.60. The molecule has 2 aromatic rings. The van der Waals surface area contributed by atoms with E-state index < -0.39 is 0 Å². The zero-order valence-electron chi connectivity index (χ0n) is 10.5. The van der Waals surface area contributed by atoms with Crippen LogP contribution in [0.4, 0.5) is 0 Å². The predicted octanol–water partition coefficient (Wildman–Crippen LogP) is 2.95. The number of aromatic nitrogens is 3. The summed E-state index contributed by atoms with van der Waals surface area (Å²) in [7, 11) is 1.92. The van der Waals surface area contributed by atoms with Gasteiger partial charge in [-0.25, -0.2) is 4.68 Å². The number of fused-ring (bicyclic) bond motifs is 1. The molecule has 0 fully saturated rings. The van der Waals surface area contributed by atoms with E-state index in [9.17, 15) is 0 Å². The molecule has 0 radical (unpaired) electrons. The van der Waals surface area contributed by atoms with Gasteiger partial charge in [-0.3, -0.25) is 0 Å². The van der Waals surface area contributed by atoms with E-state index in [0.717, 1.165) is 17.5 Å². The van der Waals surface area contributed by atoms with Gasteiger partial charge in [0.05, 0.1) is 5.52 Å². The van der Waals surface area contributed by atoms with Gasteiger partial charge in [0.25, 0.3) is 0 Å². The highest BCUT2D eigenvalue weighted by atomic mass is 15.4. The van der Waals surface area contributed by atoms with Gasteiger partial charge in [-0.2, -0.15) is 0 Å². The normalized spacial score (nSPS) is 12.2. The van der Waals surface area contributed by atoms with Crippen LogP contribution in [0.15, 0.2) is 18.2 Å². The molecule has 0 spiro atoms. The van der Waals surface area contributed by atoms with Crippen LogP contribution in [0.1, 0.15) is 32.8 Å². The van der Waals surface area contributed by atoms with E-state index in [1.807, 2.05) is 11.7 Å². The summed E-state index contributed by atoms with van der Waals surface area (Å²) in [6.07, 6.45) is 2.30. The van der Waals surface area contributed by atoms with Gasteiger partial charge in [0.1, 0.15) is 5.52 Å². The molecule has 1 heterocycles. The van der Waals surface area contributed by atoms with Crippen molar-refractivity contribution in [2.24, 2.45) is 12.5 Å². The Bertz CT molecular complexity index is 491. The van der Waals surface area contributed by atoms with Crippen molar-refractivity contribution in [3.63, 3.8) is 0 Å². The Kier molecular flexibility index (Phi) is 2.70. The molecule has 0 saturated heterocycles. The second kappa shape index (κ2) is 3.89. The fourth-order valence-corrected chi connectivity index (χ4v) is 1.76. The van der Waals surface area contributed by atoms with Crippen molar-refractivity contribution >= 4 is 11.0 Å². The number of rotatable bonds is 2. The van der Waals surface area contributed by atoms with Crippen LogP contribution in [0.5, 0.6) is 0 Å². The molecular weight excluding hydrogens is 198 g/mol. The average Bonchev–Trinajstić information content (AvgIpc) is 2.56. The molecule has 3 heteroatoms. The summed E-state index contributed by atoms with van der Waals surface area (Å²) in [6.45, 7) is 6.82. The first-order valence-corrected chi connectivity index (χ1v) is 5.74. The van der Waals surface area contributed by atoms with Crippen LogP contribution in [0, 0.1) is 5.41 Å². The zero-order chi connectivity index (χ0) is 11.8. The zero-order valence-corrected chi connectivity index (χ0v) is 10.5. The molecule has 1 aromatic carbocycles. The third-order valence-electron chi connectivity index (χ3n) is 2.84. The van der Waals surface area contributed by atoms with Crippen LogP contribution in [0.3, 0.4) is 0 Å². The first kappa shape index (κ1) is 11.1. The minimum Gasteiger partial charge on any atom is -0.248 e. The van der Waals surface area contributed by atoms with Crippen LogP contribution >= 0.6 is 0 Å². The smallest absolute Gasteiger partial charge is 0.113 e. The maximum Gasteiger partial charge on any atom is 0.113 e. The molecule has 0 aliphatic carbocycles. The maximum atomic E-state index is 4.14. The standard InChI is InChI=1S/C13H19N3/c1-13(2,3)8-7-10-5-6-12-11(9-10)14-15-16(12)4/h5-6,9H,7-8H2,1-4H3. The third-order valence-corrected chi connectivity index (χ3v) is 2.84. The average molecular weight is 217 g/mol. The first-order chi connectivity index (χ1) is 7.46. The number of nitrogens with zero attached hydrogens (tertiary/aromatic N) is 3. The molecule has 0 aliphatic rings. The van der Waals surface area contributed by atoms with E-state index >= 15 is 0 Å². The van der Waals surface area contributed by atoms with Crippen LogP contribution in [0.25, 0.3) is 11.0 Å². The summed E-state index contributed by atoms with van der Waals surface area (Å²) in [5, 5.41) is 8.15. The molecule has 0 saturated carbocycles. The largest absolute Gasteiger partial charge is 0.248 e. The van der Waals surface area contributed by atoms with Crippen LogP contribution in [0.2, 0.25) is 0 Å². The number of aryl methyl sites for hydroxylation is 2. The molecule has 86 valence electrons. The van der Waals surface area contributed by atoms with Crippen molar-refractivity contribution in [2.45, 2.75) is 33.6 Å². The molecule has 0 unspecified atom stereocenters. The van der Waals surface area contributed by atoms with Crippen molar-refractivity contribution in [3.8, 4) is 0 Å². The molecule has 0 amide bonds. The lowest BCUT2D eigenvalue weighted by Gasteiger charge is -2.17. The molecule has 16 heavy (non-hydrogen) atoms. The predicted molar refractivity (Wildman–Crippen MR) is 66.3 cm³/mol. The quantitative estimate of drug-likeness (QED) is 0.774. The van der Waals surface area contributed by atoms with Gasteiger partial charge in [0.2, 0.25) is 0 Å². The van der Waals surface area contributed by atoms with Crippen molar-refractivity contribution in [1.29, 1.82) is 0 Å². The summed E-state index contributed by atoms with van der Waals surface area (Å²) in [4.78, 5) is 0. The van der Waals surface area contributed by atoms with Crippen molar-refractivity contribution in [3.05, 3.63) is 23.8 Å². The maximum absolute atomic E-state index is 4.14. The Morgan fingerprint density at radius 2 is 2.00 bits per heavy atom. The topological polar surface area (TPSA) is 30.7 Å². The molecule has 2 rings (SSSR count).